The monoisotopic (exact) mass is 266 g/mol. The summed E-state index contributed by atoms with van der Waals surface area (Å²) in [7, 11) is 1.29. The molecule has 0 aliphatic carbocycles. The molecule has 0 radical (unpaired) electrons. The van der Waals surface area contributed by atoms with Crippen molar-refractivity contribution >= 4 is 17.1 Å². The van der Waals surface area contributed by atoms with Gasteiger partial charge in [-0.25, -0.2) is 9.59 Å². The molecular weight excluding hydrogens is 252 g/mol. The number of nitrogens with one attached hydrogen (secondary N) is 1. The summed E-state index contributed by atoms with van der Waals surface area (Å²) in [6.45, 7) is 0.0148. The Labute approximate surface area is 108 Å². The maximum absolute atomic E-state index is 11.0. The summed E-state index contributed by atoms with van der Waals surface area (Å²) in [5.74, 6) is -0.970. The quantitative estimate of drug-likeness (QED) is 0.754. The highest BCUT2D eigenvalue weighted by atomic mass is 16.6. The van der Waals surface area contributed by atoms with E-state index in [1.165, 1.54) is 7.11 Å². The third kappa shape index (κ3) is 3.21. The number of rotatable bonds is 5. The van der Waals surface area contributed by atoms with Crippen molar-refractivity contribution in [1.82, 2.24) is 4.98 Å². The second-order valence-electron chi connectivity index (χ2n) is 3.97. The lowest BCUT2D eigenvalue weighted by Crippen LogP contribution is -2.20. The SMILES string of the molecule is COC(=O)COCC(N)c1ccc2[nH]c(=O)oc2c1. The highest BCUT2D eigenvalue weighted by Gasteiger charge is 2.10. The molecule has 1 unspecified atom stereocenters. The van der Waals surface area contributed by atoms with Crippen molar-refractivity contribution in [2.45, 2.75) is 6.04 Å². The molecule has 0 aliphatic heterocycles. The maximum Gasteiger partial charge on any atom is 0.417 e. The first-order valence-corrected chi connectivity index (χ1v) is 5.63. The molecule has 0 saturated heterocycles. The van der Waals surface area contributed by atoms with Gasteiger partial charge in [0.05, 0.1) is 25.3 Å². The zero-order chi connectivity index (χ0) is 13.8. The number of esters is 1. The molecule has 1 aromatic heterocycles. The smallest absolute Gasteiger partial charge is 0.417 e. The van der Waals surface area contributed by atoms with Gasteiger partial charge in [-0.2, -0.15) is 0 Å². The third-order valence-electron chi connectivity index (χ3n) is 2.62. The Hall–Kier alpha value is -2.12. The highest BCUT2D eigenvalue weighted by Crippen LogP contribution is 2.17. The van der Waals surface area contributed by atoms with Crippen molar-refractivity contribution in [3.63, 3.8) is 0 Å². The average molecular weight is 266 g/mol. The summed E-state index contributed by atoms with van der Waals surface area (Å²) in [6.07, 6.45) is 0. The minimum absolute atomic E-state index is 0.147. The fraction of sp³-hybridized carbons (Fsp3) is 0.333. The number of hydrogen-bond acceptors (Lipinski definition) is 6. The van der Waals surface area contributed by atoms with E-state index in [9.17, 15) is 9.59 Å². The number of nitrogens with two attached hydrogens (primary N) is 1. The van der Waals surface area contributed by atoms with Crippen molar-refractivity contribution in [3.05, 3.63) is 34.3 Å². The van der Waals surface area contributed by atoms with Crippen LogP contribution < -0.4 is 11.5 Å². The second-order valence-corrected chi connectivity index (χ2v) is 3.97. The average Bonchev–Trinajstić information content (AvgIpc) is 2.77. The number of ether oxygens (including phenoxy) is 2. The first-order chi connectivity index (χ1) is 9.10. The Morgan fingerprint density at radius 1 is 1.53 bits per heavy atom. The molecule has 0 fully saturated rings. The van der Waals surface area contributed by atoms with Gasteiger partial charge in [0, 0.05) is 0 Å². The molecule has 19 heavy (non-hydrogen) atoms. The minimum atomic E-state index is -0.511. The fourth-order valence-corrected chi connectivity index (χ4v) is 1.62. The van der Waals surface area contributed by atoms with E-state index in [1.807, 2.05) is 0 Å². The summed E-state index contributed by atoms with van der Waals surface area (Å²) in [5, 5.41) is 0. The number of hydrogen-bond donors (Lipinski definition) is 2. The maximum atomic E-state index is 11.0. The van der Waals surface area contributed by atoms with Crippen LogP contribution in [0.25, 0.3) is 11.1 Å². The summed E-state index contributed by atoms with van der Waals surface area (Å²) < 4.78 is 14.5. The molecule has 2 rings (SSSR count). The first kappa shape index (κ1) is 13.3. The van der Waals surface area contributed by atoms with Gasteiger partial charge >= 0.3 is 11.7 Å². The number of benzene rings is 1. The van der Waals surface area contributed by atoms with Gasteiger partial charge in [-0.05, 0) is 17.7 Å². The van der Waals surface area contributed by atoms with Crippen LogP contribution in [0.4, 0.5) is 0 Å². The van der Waals surface area contributed by atoms with E-state index >= 15 is 0 Å². The normalized spacial score (nSPS) is 12.5. The van der Waals surface area contributed by atoms with E-state index in [0.29, 0.717) is 11.1 Å². The van der Waals surface area contributed by atoms with E-state index in [1.54, 1.807) is 18.2 Å². The van der Waals surface area contributed by atoms with Crippen LogP contribution in [0.5, 0.6) is 0 Å². The number of aromatic amines is 1. The number of carbonyl (C=O) groups is 1. The first-order valence-electron chi connectivity index (χ1n) is 5.63. The summed E-state index contributed by atoms with van der Waals surface area (Å²) in [6, 6.07) is 4.71. The van der Waals surface area contributed by atoms with Crippen LogP contribution >= 0.6 is 0 Å². The largest absolute Gasteiger partial charge is 0.467 e. The topological polar surface area (TPSA) is 108 Å². The molecule has 0 saturated carbocycles. The second kappa shape index (κ2) is 5.68. The Bertz CT molecular complexity index is 630. The van der Waals surface area contributed by atoms with Gasteiger partial charge in [0.2, 0.25) is 0 Å². The number of aromatic nitrogens is 1. The molecule has 0 bridgehead atoms. The number of carbonyl (C=O) groups excluding carboxylic acids is 1. The predicted octanol–water partition coefficient (Wildman–Crippen LogP) is 0.310. The number of methoxy groups -OCH3 is 1. The molecule has 7 nitrogen and oxygen atoms in total. The molecule has 1 atom stereocenters. The predicted molar refractivity (Wildman–Crippen MR) is 66.6 cm³/mol. The summed E-state index contributed by atoms with van der Waals surface area (Å²) in [4.78, 5) is 24.4. The van der Waals surface area contributed by atoms with Crippen molar-refractivity contribution in [3.8, 4) is 0 Å². The molecule has 0 spiro atoms. The summed E-state index contributed by atoms with van der Waals surface area (Å²) in [5.41, 5.74) is 7.71. The zero-order valence-electron chi connectivity index (χ0n) is 10.3. The third-order valence-corrected chi connectivity index (χ3v) is 2.62. The van der Waals surface area contributed by atoms with Crippen LogP contribution in [-0.4, -0.2) is 31.3 Å². The Balaban J connectivity index is 2.02. The van der Waals surface area contributed by atoms with Crippen molar-refractivity contribution in [1.29, 1.82) is 0 Å². The van der Waals surface area contributed by atoms with Crippen LogP contribution in [0.15, 0.2) is 27.4 Å². The number of fused-ring (bicyclic) bond motifs is 1. The van der Waals surface area contributed by atoms with Gasteiger partial charge in [0.25, 0.3) is 0 Å². The number of oxazole rings is 1. The van der Waals surface area contributed by atoms with Crippen LogP contribution in [0.1, 0.15) is 11.6 Å². The Kier molecular flexibility index (Phi) is 3.98. The molecule has 102 valence electrons. The molecule has 3 N–H and O–H groups in total. The lowest BCUT2D eigenvalue weighted by Gasteiger charge is -2.11. The van der Waals surface area contributed by atoms with Gasteiger partial charge in [0.15, 0.2) is 5.58 Å². The molecule has 0 aliphatic rings. The fourth-order valence-electron chi connectivity index (χ4n) is 1.62. The molecule has 2 aromatic rings. The van der Waals surface area contributed by atoms with E-state index in [2.05, 4.69) is 9.72 Å². The van der Waals surface area contributed by atoms with Crippen LogP contribution in [0.3, 0.4) is 0 Å². The minimum Gasteiger partial charge on any atom is -0.467 e. The van der Waals surface area contributed by atoms with Gasteiger partial charge in [0.1, 0.15) is 6.61 Å². The van der Waals surface area contributed by atoms with Crippen LogP contribution in [-0.2, 0) is 14.3 Å². The Morgan fingerprint density at radius 3 is 3.05 bits per heavy atom. The van der Waals surface area contributed by atoms with Crippen LogP contribution in [0, 0.1) is 0 Å². The molecule has 1 aromatic carbocycles. The van der Waals surface area contributed by atoms with E-state index in [0.717, 1.165) is 5.56 Å². The van der Waals surface area contributed by atoms with E-state index < -0.39 is 17.8 Å². The summed E-state index contributed by atoms with van der Waals surface area (Å²) >= 11 is 0. The van der Waals surface area contributed by atoms with Crippen molar-refractivity contribution in [2.24, 2.45) is 5.73 Å². The van der Waals surface area contributed by atoms with E-state index in [-0.39, 0.29) is 13.2 Å². The van der Waals surface area contributed by atoms with E-state index in [4.69, 9.17) is 14.9 Å². The molecule has 1 heterocycles. The molecule has 0 amide bonds. The van der Waals surface area contributed by atoms with Crippen molar-refractivity contribution < 1.29 is 18.7 Å². The lowest BCUT2D eigenvalue weighted by molar-refractivity contribution is -0.146. The van der Waals surface area contributed by atoms with Gasteiger partial charge in [-0.15, -0.1) is 0 Å². The van der Waals surface area contributed by atoms with Gasteiger partial charge < -0.3 is 19.6 Å². The molecular formula is C12H14N2O5. The van der Waals surface area contributed by atoms with Gasteiger partial charge in [-0.1, -0.05) is 6.07 Å². The number of H-pyrrole nitrogens is 1. The van der Waals surface area contributed by atoms with Crippen LogP contribution in [0.2, 0.25) is 0 Å². The standard InChI is InChI=1S/C12H14N2O5/c1-17-11(15)6-18-5-8(13)7-2-3-9-10(4-7)19-12(16)14-9/h2-4,8H,5-6,13H2,1H3,(H,14,16). The van der Waals surface area contributed by atoms with Gasteiger partial charge in [-0.3, -0.25) is 4.98 Å². The lowest BCUT2D eigenvalue weighted by atomic mass is 10.1. The Morgan fingerprint density at radius 2 is 2.32 bits per heavy atom. The zero-order valence-corrected chi connectivity index (χ0v) is 10.3. The highest BCUT2D eigenvalue weighted by molar-refractivity contribution is 5.73. The molecule has 7 heteroatoms. The van der Waals surface area contributed by atoms with Crippen molar-refractivity contribution in [2.75, 3.05) is 20.3 Å².